The first-order valence-corrected chi connectivity index (χ1v) is 8.07. The lowest BCUT2D eigenvalue weighted by Crippen LogP contribution is -2.41. The molecule has 1 aliphatic heterocycles. The third-order valence-corrected chi connectivity index (χ3v) is 4.26. The zero-order valence-electron chi connectivity index (χ0n) is 15.0. The molecule has 0 saturated carbocycles. The second-order valence-electron chi connectivity index (χ2n) is 7.19. The van der Waals surface area contributed by atoms with Crippen molar-refractivity contribution in [1.82, 2.24) is 15.5 Å². The van der Waals surface area contributed by atoms with E-state index in [2.05, 4.69) is 15.5 Å². The molecule has 0 saturated heterocycles. The molecular weight excluding hydrogens is 322 g/mol. The smallest absolute Gasteiger partial charge is 0.339 e. The van der Waals surface area contributed by atoms with E-state index in [1.165, 1.54) is 6.92 Å². The normalized spacial score (nSPS) is 20.0. The summed E-state index contributed by atoms with van der Waals surface area (Å²) in [5.41, 5.74) is 0.603. The van der Waals surface area contributed by atoms with Crippen LogP contribution in [0.2, 0.25) is 0 Å². The number of ether oxygens (including phenoxy) is 1. The number of aromatic nitrogens is 2. The van der Waals surface area contributed by atoms with Gasteiger partial charge in [-0.05, 0) is 39.3 Å². The van der Waals surface area contributed by atoms with E-state index in [1.54, 1.807) is 20.8 Å². The second-order valence-corrected chi connectivity index (χ2v) is 7.19. The Balaban J connectivity index is 1.94. The Morgan fingerprint density at radius 3 is 2.76 bits per heavy atom. The molecule has 25 heavy (non-hydrogen) atoms. The van der Waals surface area contributed by atoms with Crippen LogP contribution in [0.3, 0.4) is 0 Å². The number of fused-ring (bicyclic) bond motifs is 1. The van der Waals surface area contributed by atoms with Crippen LogP contribution < -0.4 is 5.32 Å². The van der Waals surface area contributed by atoms with Crippen LogP contribution in [0.25, 0.3) is 0 Å². The van der Waals surface area contributed by atoms with Gasteiger partial charge in [0.25, 0.3) is 5.89 Å². The van der Waals surface area contributed by atoms with Crippen LogP contribution in [-0.4, -0.2) is 22.0 Å². The number of aryl methyl sites for hydroxylation is 1. The van der Waals surface area contributed by atoms with Crippen molar-refractivity contribution in [1.29, 1.82) is 0 Å². The first-order chi connectivity index (χ1) is 11.6. The maximum Gasteiger partial charge on any atom is 0.339 e. The first kappa shape index (κ1) is 17.1. The van der Waals surface area contributed by atoms with Gasteiger partial charge in [-0.3, -0.25) is 4.79 Å². The molecule has 7 nitrogen and oxygen atoms in total. The Bertz CT molecular complexity index is 856. The molecule has 1 atom stereocenters. The van der Waals surface area contributed by atoms with E-state index in [1.807, 2.05) is 25.1 Å². The summed E-state index contributed by atoms with van der Waals surface area (Å²) in [5, 5.41) is 6.73. The molecule has 0 aliphatic carbocycles. The van der Waals surface area contributed by atoms with Gasteiger partial charge in [0, 0.05) is 13.3 Å². The Labute approximate surface area is 145 Å². The zero-order valence-corrected chi connectivity index (χ0v) is 15.0. The minimum Gasteiger partial charge on any atom is -0.445 e. The maximum atomic E-state index is 12.4. The molecule has 0 bridgehead atoms. The van der Waals surface area contributed by atoms with Crippen molar-refractivity contribution in [3.63, 3.8) is 0 Å². The fourth-order valence-corrected chi connectivity index (χ4v) is 3.00. The molecule has 1 amide bonds. The van der Waals surface area contributed by atoms with Crippen molar-refractivity contribution < 1.29 is 18.8 Å². The summed E-state index contributed by atoms with van der Waals surface area (Å²) in [6, 6.07) is 5.69. The lowest BCUT2D eigenvalue weighted by molar-refractivity contribution is -0.120. The van der Waals surface area contributed by atoms with Crippen molar-refractivity contribution in [3.05, 3.63) is 46.6 Å². The fraction of sp³-hybridized carbons (Fsp3) is 0.444. The highest BCUT2D eigenvalue weighted by Crippen LogP contribution is 2.36. The summed E-state index contributed by atoms with van der Waals surface area (Å²) in [4.78, 5) is 28.1. The van der Waals surface area contributed by atoms with E-state index in [4.69, 9.17) is 9.26 Å². The van der Waals surface area contributed by atoms with Crippen LogP contribution in [0, 0.1) is 6.92 Å². The van der Waals surface area contributed by atoms with Crippen molar-refractivity contribution in [3.8, 4) is 0 Å². The highest BCUT2D eigenvalue weighted by atomic mass is 16.6. The van der Waals surface area contributed by atoms with Crippen molar-refractivity contribution in [2.24, 2.45) is 0 Å². The number of cyclic esters (lactones) is 1. The number of esters is 1. The Kier molecular flexibility index (Phi) is 3.89. The highest BCUT2D eigenvalue weighted by molar-refractivity contribution is 5.92. The van der Waals surface area contributed by atoms with Gasteiger partial charge in [-0.15, -0.1) is 0 Å². The van der Waals surface area contributed by atoms with Crippen LogP contribution >= 0.6 is 0 Å². The molecule has 0 fully saturated rings. The van der Waals surface area contributed by atoms with E-state index in [-0.39, 0.29) is 11.8 Å². The average molecular weight is 343 g/mol. The summed E-state index contributed by atoms with van der Waals surface area (Å²) in [6.45, 7) is 8.64. The molecule has 0 spiro atoms. The molecule has 132 valence electrons. The van der Waals surface area contributed by atoms with E-state index in [0.29, 0.717) is 17.8 Å². The number of nitrogens with one attached hydrogen (secondary N) is 1. The number of carbonyl (C=O) groups excluding carboxylic acids is 2. The third-order valence-electron chi connectivity index (χ3n) is 4.26. The van der Waals surface area contributed by atoms with Gasteiger partial charge in [0.2, 0.25) is 5.91 Å². The summed E-state index contributed by atoms with van der Waals surface area (Å²) in [6.07, 6.45) is 0.441. The molecule has 1 aromatic heterocycles. The van der Waals surface area contributed by atoms with E-state index in [0.717, 1.165) is 11.1 Å². The Hall–Kier alpha value is -2.70. The molecule has 1 aliphatic rings. The van der Waals surface area contributed by atoms with Gasteiger partial charge in [-0.25, -0.2) is 4.79 Å². The Morgan fingerprint density at radius 1 is 1.36 bits per heavy atom. The van der Waals surface area contributed by atoms with Crippen molar-refractivity contribution >= 4 is 11.9 Å². The van der Waals surface area contributed by atoms with Crippen LogP contribution in [-0.2, 0) is 27.1 Å². The van der Waals surface area contributed by atoms with Crippen LogP contribution in [0.5, 0.6) is 0 Å². The second kappa shape index (κ2) is 5.68. The maximum absolute atomic E-state index is 12.4. The van der Waals surface area contributed by atoms with Crippen LogP contribution in [0.4, 0.5) is 0 Å². The number of benzene rings is 1. The van der Waals surface area contributed by atoms with E-state index in [9.17, 15) is 9.59 Å². The first-order valence-electron chi connectivity index (χ1n) is 8.07. The number of hydrogen-bond acceptors (Lipinski definition) is 6. The number of nitrogens with zero attached hydrogens (tertiary/aromatic N) is 2. The molecule has 0 radical (unpaired) electrons. The molecule has 2 heterocycles. The minimum absolute atomic E-state index is 0.198. The van der Waals surface area contributed by atoms with Gasteiger partial charge < -0.3 is 14.6 Å². The zero-order chi connectivity index (χ0) is 18.4. The van der Waals surface area contributed by atoms with Crippen LogP contribution in [0.15, 0.2) is 22.7 Å². The van der Waals surface area contributed by atoms with Gasteiger partial charge in [-0.2, -0.15) is 4.98 Å². The number of hydrogen-bond donors (Lipinski definition) is 1. The Morgan fingerprint density at radius 2 is 2.08 bits per heavy atom. The predicted molar refractivity (Wildman–Crippen MR) is 88.8 cm³/mol. The fourth-order valence-electron chi connectivity index (χ4n) is 3.00. The molecule has 2 aromatic rings. The van der Waals surface area contributed by atoms with E-state index >= 15 is 0 Å². The van der Waals surface area contributed by atoms with Gasteiger partial charge in [0.1, 0.15) is 0 Å². The molecular formula is C18H21N3O4. The molecule has 1 aromatic carbocycles. The average Bonchev–Trinajstić information content (AvgIpc) is 2.98. The molecule has 1 unspecified atom stereocenters. The third kappa shape index (κ3) is 3.14. The topological polar surface area (TPSA) is 94.3 Å². The SMILES string of the molecule is CC(=O)NC(C)(C)c1noc(C2(C)Cc3ccc(C)cc3C(=O)O2)n1. The van der Waals surface area contributed by atoms with Gasteiger partial charge in [0.05, 0.1) is 11.1 Å². The standard InChI is InChI=1S/C18H21N3O4/c1-10-6-7-12-9-18(5,24-14(23)13(12)8-10)16-19-15(21-25-16)17(3,4)20-11(2)22/h6-8H,9H2,1-5H3,(H,20,22). The lowest BCUT2D eigenvalue weighted by Gasteiger charge is -2.31. The van der Waals surface area contributed by atoms with Crippen LogP contribution in [0.1, 0.15) is 60.9 Å². The number of carbonyl (C=O) groups is 2. The monoisotopic (exact) mass is 343 g/mol. The molecule has 7 heteroatoms. The van der Waals surface area contributed by atoms with Gasteiger partial charge >= 0.3 is 5.97 Å². The predicted octanol–water partition coefficient (Wildman–Crippen LogP) is 2.38. The van der Waals surface area contributed by atoms with Crippen molar-refractivity contribution in [2.75, 3.05) is 0 Å². The summed E-state index contributed by atoms with van der Waals surface area (Å²) < 4.78 is 11.0. The molecule has 3 rings (SSSR count). The van der Waals surface area contributed by atoms with Crippen molar-refractivity contribution in [2.45, 2.75) is 52.2 Å². The highest BCUT2D eigenvalue weighted by Gasteiger charge is 2.43. The van der Waals surface area contributed by atoms with Gasteiger partial charge in [-0.1, -0.05) is 22.9 Å². The summed E-state index contributed by atoms with van der Waals surface area (Å²) in [7, 11) is 0. The minimum atomic E-state index is -1.04. The lowest BCUT2D eigenvalue weighted by atomic mass is 9.89. The number of amides is 1. The molecule has 1 N–H and O–H groups in total. The largest absolute Gasteiger partial charge is 0.445 e. The van der Waals surface area contributed by atoms with Gasteiger partial charge in [0.15, 0.2) is 11.4 Å². The van der Waals surface area contributed by atoms with E-state index < -0.39 is 17.1 Å². The number of rotatable bonds is 3. The summed E-state index contributed by atoms with van der Waals surface area (Å²) in [5.74, 6) is -0.0746. The summed E-state index contributed by atoms with van der Waals surface area (Å²) >= 11 is 0. The quantitative estimate of drug-likeness (QED) is 0.860.